The van der Waals surface area contributed by atoms with Gasteiger partial charge in [-0.25, -0.2) is 4.79 Å². The van der Waals surface area contributed by atoms with Crippen LogP contribution in [0.25, 0.3) is 11.1 Å². The molecule has 2 amide bonds. The number of fused-ring (bicyclic) bond motifs is 3. The van der Waals surface area contributed by atoms with Crippen molar-refractivity contribution in [1.29, 1.82) is 0 Å². The molecule has 3 rings (SSSR count). The first-order valence-electron chi connectivity index (χ1n) is 11.9. The van der Waals surface area contributed by atoms with Crippen LogP contribution in [0.1, 0.15) is 57.1 Å². The fourth-order valence-corrected chi connectivity index (χ4v) is 4.49. The highest BCUT2D eigenvalue weighted by Gasteiger charge is 2.30. The predicted octanol–water partition coefficient (Wildman–Crippen LogP) is 4.56. The van der Waals surface area contributed by atoms with Gasteiger partial charge < -0.3 is 20.5 Å². The van der Waals surface area contributed by atoms with E-state index in [0.29, 0.717) is 19.3 Å². The molecule has 0 radical (unpaired) electrons. The van der Waals surface area contributed by atoms with Crippen molar-refractivity contribution in [3.8, 4) is 11.1 Å². The molecule has 34 heavy (non-hydrogen) atoms. The molecular weight excluding hydrogens is 432 g/mol. The van der Waals surface area contributed by atoms with E-state index in [0.717, 1.165) is 22.3 Å². The summed E-state index contributed by atoms with van der Waals surface area (Å²) < 4.78 is 5.58. The number of hydrogen-bond donors (Lipinski definition) is 3. The Hall–Kier alpha value is -3.35. The molecule has 3 N–H and O–H groups in total. The molecule has 2 aromatic rings. The number of aliphatic carboxylic acids is 1. The van der Waals surface area contributed by atoms with E-state index < -0.39 is 29.9 Å². The van der Waals surface area contributed by atoms with Crippen molar-refractivity contribution in [3.05, 3.63) is 59.7 Å². The van der Waals surface area contributed by atoms with Crippen LogP contribution in [0.3, 0.4) is 0 Å². The Morgan fingerprint density at radius 1 is 1.00 bits per heavy atom. The van der Waals surface area contributed by atoms with Gasteiger partial charge in [0.1, 0.15) is 12.6 Å². The van der Waals surface area contributed by atoms with E-state index in [1.807, 2.05) is 57.2 Å². The number of carboxylic acid groups (broad SMARTS) is 1. The maximum Gasteiger partial charge on any atom is 0.407 e. The number of ether oxygens (including phenoxy) is 1. The van der Waals surface area contributed by atoms with Gasteiger partial charge in [-0.05, 0) is 41.0 Å². The summed E-state index contributed by atoms with van der Waals surface area (Å²) in [6.07, 6.45) is 0.942. The Morgan fingerprint density at radius 2 is 1.59 bits per heavy atom. The molecule has 0 heterocycles. The van der Waals surface area contributed by atoms with Gasteiger partial charge in [0.15, 0.2) is 0 Å². The Bertz CT molecular complexity index is 974. The second-order valence-electron chi connectivity index (χ2n) is 9.22. The summed E-state index contributed by atoms with van der Waals surface area (Å²) in [5.74, 6) is -1.91. The second kappa shape index (κ2) is 11.7. The molecule has 7 heteroatoms. The van der Waals surface area contributed by atoms with Gasteiger partial charge in [-0.1, -0.05) is 75.7 Å². The van der Waals surface area contributed by atoms with E-state index in [1.165, 1.54) is 0 Å². The van der Waals surface area contributed by atoms with Gasteiger partial charge in [0.25, 0.3) is 0 Å². The minimum Gasteiger partial charge on any atom is -0.481 e. The quantitative estimate of drug-likeness (QED) is 0.450. The highest BCUT2D eigenvalue weighted by molar-refractivity contribution is 5.86. The number of carboxylic acids is 1. The van der Waals surface area contributed by atoms with Crippen molar-refractivity contribution in [2.24, 2.45) is 11.8 Å². The van der Waals surface area contributed by atoms with Crippen LogP contribution < -0.4 is 10.6 Å². The van der Waals surface area contributed by atoms with Crippen LogP contribution in [0, 0.1) is 11.8 Å². The summed E-state index contributed by atoms with van der Waals surface area (Å²) in [4.78, 5) is 36.8. The molecule has 0 aliphatic heterocycles. The number of benzene rings is 2. The van der Waals surface area contributed by atoms with E-state index in [4.69, 9.17) is 4.74 Å². The van der Waals surface area contributed by atoms with Crippen LogP contribution >= 0.6 is 0 Å². The number of carbonyl (C=O) groups excluding carboxylic acids is 2. The smallest absolute Gasteiger partial charge is 0.407 e. The summed E-state index contributed by atoms with van der Waals surface area (Å²) in [6.45, 7) is 6.00. The van der Waals surface area contributed by atoms with Crippen molar-refractivity contribution in [2.75, 3.05) is 13.2 Å². The first-order valence-corrected chi connectivity index (χ1v) is 11.9. The second-order valence-corrected chi connectivity index (χ2v) is 9.22. The molecule has 0 bridgehead atoms. The summed E-state index contributed by atoms with van der Waals surface area (Å²) in [6, 6.07) is 15.4. The zero-order chi connectivity index (χ0) is 24.7. The molecule has 2 unspecified atom stereocenters. The number of nitrogens with one attached hydrogen (secondary N) is 2. The van der Waals surface area contributed by atoms with E-state index >= 15 is 0 Å². The van der Waals surface area contributed by atoms with E-state index in [2.05, 4.69) is 22.8 Å². The van der Waals surface area contributed by atoms with Crippen LogP contribution in [0.2, 0.25) is 0 Å². The fourth-order valence-electron chi connectivity index (χ4n) is 4.49. The maximum atomic E-state index is 12.8. The summed E-state index contributed by atoms with van der Waals surface area (Å²) in [5.41, 5.74) is 4.51. The number of carbonyl (C=O) groups is 3. The van der Waals surface area contributed by atoms with Crippen molar-refractivity contribution in [3.63, 3.8) is 0 Å². The molecule has 0 saturated heterocycles. The normalized spacial score (nSPS) is 14.1. The number of amides is 2. The average molecular weight is 467 g/mol. The molecule has 0 saturated carbocycles. The minimum atomic E-state index is -0.938. The van der Waals surface area contributed by atoms with Crippen molar-refractivity contribution in [1.82, 2.24) is 10.6 Å². The molecule has 0 aromatic heterocycles. The zero-order valence-corrected chi connectivity index (χ0v) is 20.0. The van der Waals surface area contributed by atoms with Crippen molar-refractivity contribution in [2.45, 2.75) is 52.0 Å². The lowest BCUT2D eigenvalue weighted by Crippen LogP contribution is -2.49. The monoisotopic (exact) mass is 466 g/mol. The van der Waals surface area contributed by atoms with E-state index in [-0.39, 0.29) is 25.0 Å². The third kappa shape index (κ3) is 6.16. The van der Waals surface area contributed by atoms with Gasteiger partial charge in [0, 0.05) is 12.5 Å². The zero-order valence-electron chi connectivity index (χ0n) is 20.0. The third-order valence-electron chi connectivity index (χ3n) is 6.17. The average Bonchev–Trinajstić information content (AvgIpc) is 3.13. The van der Waals surface area contributed by atoms with E-state index in [9.17, 15) is 19.5 Å². The Kier molecular flexibility index (Phi) is 8.68. The number of alkyl carbamates (subject to hydrolysis) is 1. The molecule has 0 spiro atoms. The van der Waals surface area contributed by atoms with E-state index in [1.54, 1.807) is 0 Å². The molecule has 2 aromatic carbocycles. The van der Waals surface area contributed by atoms with Gasteiger partial charge in [-0.3, -0.25) is 9.59 Å². The SMILES string of the molecule is CCCC(CNC(=O)C(CC(C)C)NC(=O)OCC1c2ccccc2-c2ccccc21)C(=O)O. The molecule has 7 nitrogen and oxygen atoms in total. The summed E-state index contributed by atoms with van der Waals surface area (Å²) in [7, 11) is 0. The highest BCUT2D eigenvalue weighted by Crippen LogP contribution is 2.44. The van der Waals surface area contributed by atoms with Crippen molar-refractivity contribution >= 4 is 18.0 Å². The van der Waals surface area contributed by atoms with Gasteiger partial charge in [0.2, 0.25) is 5.91 Å². The molecule has 0 fully saturated rings. The Morgan fingerprint density at radius 3 is 2.12 bits per heavy atom. The van der Waals surface area contributed by atoms with Gasteiger partial charge in [0.05, 0.1) is 5.92 Å². The van der Waals surface area contributed by atoms with Gasteiger partial charge >= 0.3 is 12.1 Å². The molecule has 182 valence electrons. The molecule has 1 aliphatic rings. The van der Waals surface area contributed by atoms with Crippen LogP contribution in [0.15, 0.2) is 48.5 Å². The Labute approximate surface area is 200 Å². The third-order valence-corrected chi connectivity index (χ3v) is 6.17. The topological polar surface area (TPSA) is 105 Å². The molecular formula is C27H34N2O5. The summed E-state index contributed by atoms with van der Waals surface area (Å²) in [5, 5.41) is 14.7. The van der Waals surface area contributed by atoms with Crippen LogP contribution in [-0.4, -0.2) is 42.3 Å². The Balaban J connectivity index is 1.62. The van der Waals surface area contributed by atoms with Crippen LogP contribution in [-0.2, 0) is 14.3 Å². The standard InChI is InChI=1S/C27H34N2O5/c1-4-9-18(26(31)32)15-28-25(30)24(14-17(2)3)29-27(33)34-16-23-21-12-7-5-10-19(21)20-11-6-8-13-22(20)23/h5-8,10-13,17-18,23-24H,4,9,14-16H2,1-3H3,(H,28,30)(H,29,33)(H,31,32). The van der Waals surface area contributed by atoms with Crippen LogP contribution in [0.5, 0.6) is 0 Å². The first kappa shape index (κ1) is 25.3. The van der Waals surface area contributed by atoms with Crippen molar-refractivity contribution < 1.29 is 24.2 Å². The minimum absolute atomic E-state index is 0.0307. The largest absolute Gasteiger partial charge is 0.481 e. The lowest BCUT2D eigenvalue weighted by molar-refractivity contribution is -0.142. The number of hydrogen-bond acceptors (Lipinski definition) is 4. The lowest BCUT2D eigenvalue weighted by Gasteiger charge is -2.22. The van der Waals surface area contributed by atoms with Crippen LogP contribution in [0.4, 0.5) is 4.79 Å². The summed E-state index contributed by atoms with van der Waals surface area (Å²) >= 11 is 0. The maximum absolute atomic E-state index is 12.8. The highest BCUT2D eigenvalue weighted by atomic mass is 16.5. The fraction of sp³-hybridized carbons (Fsp3) is 0.444. The number of rotatable bonds is 11. The van der Waals surface area contributed by atoms with Gasteiger partial charge in [-0.2, -0.15) is 0 Å². The molecule has 1 aliphatic carbocycles. The van der Waals surface area contributed by atoms with Gasteiger partial charge in [-0.15, -0.1) is 0 Å². The first-order chi connectivity index (χ1) is 16.3. The predicted molar refractivity (Wildman–Crippen MR) is 130 cm³/mol. The molecule has 2 atom stereocenters. The lowest BCUT2D eigenvalue weighted by atomic mass is 9.98.